The lowest BCUT2D eigenvalue weighted by molar-refractivity contribution is 0.470. The summed E-state index contributed by atoms with van der Waals surface area (Å²) in [6.45, 7) is 1.75. The molecule has 0 aliphatic carbocycles. The van der Waals surface area contributed by atoms with Crippen LogP contribution in [0.25, 0.3) is 0 Å². The fraction of sp³-hybridized carbons (Fsp3) is 0.333. The Balaban J connectivity index is 2.07. The molecule has 2 N–H and O–H groups in total. The minimum atomic E-state index is -0.808. The Morgan fingerprint density at radius 2 is 2.00 bits per heavy atom. The van der Waals surface area contributed by atoms with Gasteiger partial charge in [-0.15, -0.1) is 0 Å². The molecule has 1 aromatic carbocycles. The van der Waals surface area contributed by atoms with Crippen LogP contribution in [0.4, 0.5) is 14.5 Å². The highest BCUT2D eigenvalue weighted by atomic mass is 19.2. The summed E-state index contributed by atoms with van der Waals surface area (Å²) in [5.41, 5.74) is 0.630. The van der Waals surface area contributed by atoms with Gasteiger partial charge < -0.3 is 10.6 Å². The predicted octanol–water partition coefficient (Wildman–Crippen LogP) is 1.35. The topological polar surface area (TPSA) is 24.1 Å². The van der Waals surface area contributed by atoms with Gasteiger partial charge >= 0.3 is 0 Å². The van der Waals surface area contributed by atoms with Gasteiger partial charge in [-0.1, -0.05) is 0 Å². The lowest BCUT2D eigenvalue weighted by Gasteiger charge is -2.28. The molecule has 0 amide bonds. The molecule has 0 saturated carbocycles. The first-order valence-electron chi connectivity index (χ1n) is 4.18. The van der Waals surface area contributed by atoms with Crippen LogP contribution in [-0.4, -0.2) is 19.1 Å². The van der Waals surface area contributed by atoms with E-state index in [1.165, 1.54) is 12.1 Å². The zero-order chi connectivity index (χ0) is 9.26. The molecule has 0 bridgehead atoms. The fourth-order valence-corrected chi connectivity index (χ4v) is 1.21. The van der Waals surface area contributed by atoms with E-state index in [2.05, 4.69) is 10.6 Å². The van der Waals surface area contributed by atoms with Crippen LogP contribution in [0.5, 0.6) is 0 Å². The number of hydrogen-bond donors (Lipinski definition) is 2. The lowest BCUT2D eigenvalue weighted by Crippen LogP contribution is -2.51. The first kappa shape index (κ1) is 8.44. The molecule has 1 aliphatic rings. The summed E-state index contributed by atoms with van der Waals surface area (Å²) < 4.78 is 25.2. The van der Waals surface area contributed by atoms with Crippen molar-refractivity contribution >= 4 is 5.69 Å². The Labute approximate surface area is 75.0 Å². The van der Waals surface area contributed by atoms with Gasteiger partial charge in [-0.3, -0.25) is 0 Å². The van der Waals surface area contributed by atoms with Crippen LogP contribution < -0.4 is 10.6 Å². The third kappa shape index (κ3) is 1.78. The molecule has 0 radical (unpaired) electrons. The van der Waals surface area contributed by atoms with Gasteiger partial charge in [0.15, 0.2) is 11.6 Å². The van der Waals surface area contributed by atoms with Crippen LogP contribution in [0.3, 0.4) is 0 Å². The predicted molar refractivity (Wildman–Crippen MR) is 46.6 cm³/mol. The maximum Gasteiger partial charge on any atom is 0.160 e. The maximum absolute atomic E-state index is 12.7. The molecule has 1 fully saturated rings. The largest absolute Gasteiger partial charge is 0.380 e. The van der Waals surface area contributed by atoms with Crippen molar-refractivity contribution in [3.8, 4) is 0 Å². The summed E-state index contributed by atoms with van der Waals surface area (Å²) in [6.07, 6.45) is 0. The molecule has 0 unspecified atom stereocenters. The monoisotopic (exact) mass is 184 g/mol. The zero-order valence-corrected chi connectivity index (χ0v) is 6.98. The zero-order valence-electron chi connectivity index (χ0n) is 6.98. The highest BCUT2D eigenvalue weighted by Gasteiger charge is 2.16. The second-order valence-electron chi connectivity index (χ2n) is 3.13. The van der Waals surface area contributed by atoms with Gasteiger partial charge in [0.2, 0.25) is 0 Å². The number of rotatable bonds is 2. The third-order valence-corrected chi connectivity index (χ3v) is 2.07. The minimum Gasteiger partial charge on any atom is -0.380 e. The Hall–Kier alpha value is -1.16. The quantitative estimate of drug-likeness (QED) is 0.725. The van der Waals surface area contributed by atoms with E-state index in [0.717, 1.165) is 19.2 Å². The van der Waals surface area contributed by atoms with Crippen LogP contribution in [-0.2, 0) is 0 Å². The molecule has 1 saturated heterocycles. The van der Waals surface area contributed by atoms with Crippen molar-refractivity contribution in [2.75, 3.05) is 18.4 Å². The molecule has 2 nitrogen and oxygen atoms in total. The Morgan fingerprint density at radius 1 is 1.23 bits per heavy atom. The van der Waals surface area contributed by atoms with Gasteiger partial charge in [-0.25, -0.2) is 8.78 Å². The normalized spacial score (nSPS) is 16.8. The van der Waals surface area contributed by atoms with Crippen molar-refractivity contribution < 1.29 is 8.78 Å². The number of benzene rings is 1. The van der Waals surface area contributed by atoms with Gasteiger partial charge in [-0.2, -0.15) is 0 Å². The van der Waals surface area contributed by atoms with E-state index in [1.807, 2.05) is 0 Å². The van der Waals surface area contributed by atoms with Crippen LogP contribution in [0.15, 0.2) is 18.2 Å². The summed E-state index contributed by atoms with van der Waals surface area (Å²) in [5, 5.41) is 6.15. The van der Waals surface area contributed by atoms with E-state index in [4.69, 9.17) is 0 Å². The van der Waals surface area contributed by atoms with Gasteiger partial charge in [0.25, 0.3) is 0 Å². The molecule has 2 rings (SSSR count). The van der Waals surface area contributed by atoms with Gasteiger partial charge in [0.1, 0.15) is 0 Å². The Morgan fingerprint density at radius 3 is 2.54 bits per heavy atom. The van der Waals surface area contributed by atoms with Crippen LogP contribution in [0, 0.1) is 11.6 Å². The van der Waals surface area contributed by atoms with E-state index < -0.39 is 11.6 Å². The number of nitrogens with one attached hydrogen (secondary N) is 2. The molecular weight excluding hydrogens is 174 g/mol. The van der Waals surface area contributed by atoms with Crippen molar-refractivity contribution in [2.45, 2.75) is 6.04 Å². The second kappa shape index (κ2) is 3.30. The van der Waals surface area contributed by atoms with E-state index in [9.17, 15) is 8.78 Å². The van der Waals surface area contributed by atoms with Crippen molar-refractivity contribution in [3.63, 3.8) is 0 Å². The van der Waals surface area contributed by atoms with Crippen LogP contribution in [0.2, 0.25) is 0 Å². The summed E-state index contributed by atoms with van der Waals surface area (Å²) in [5.74, 6) is -1.62. The smallest absolute Gasteiger partial charge is 0.160 e. The molecule has 70 valence electrons. The molecule has 13 heavy (non-hydrogen) atoms. The Bertz CT molecular complexity index is 310. The number of hydrogen-bond acceptors (Lipinski definition) is 2. The van der Waals surface area contributed by atoms with E-state index in [1.54, 1.807) is 0 Å². The molecule has 0 spiro atoms. The SMILES string of the molecule is Fc1ccc(NC2CNC2)cc1F. The second-order valence-corrected chi connectivity index (χ2v) is 3.13. The van der Waals surface area contributed by atoms with Crippen molar-refractivity contribution in [3.05, 3.63) is 29.8 Å². The minimum absolute atomic E-state index is 0.338. The highest BCUT2D eigenvalue weighted by Crippen LogP contribution is 2.14. The van der Waals surface area contributed by atoms with Gasteiger partial charge in [-0.05, 0) is 12.1 Å². The fourth-order valence-electron chi connectivity index (χ4n) is 1.21. The van der Waals surface area contributed by atoms with Crippen molar-refractivity contribution in [1.82, 2.24) is 5.32 Å². The number of anilines is 1. The molecule has 0 atom stereocenters. The van der Waals surface area contributed by atoms with E-state index in [-0.39, 0.29) is 0 Å². The maximum atomic E-state index is 12.7. The average molecular weight is 184 g/mol. The summed E-state index contributed by atoms with van der Waals surface area (Å²) >= 11 is 0. The van der Waals surface area contributed by atoms with E-state index in [0.29, 0.717) is 11.7 Å². The standard InChI is InChI=1S/C9H10F2N2/c10-8-2-1-6(3-9(8)11)13-7-4-12-5-7/h1-3,7,12-13H,4-5H2. The van der Waals surface area contributed by atoms with Gasteiger partial charge in [0, 0.05) is 24.8 Å². The number of halogens is 2. The molecule has 1 aromatic rings. The molecule has 0 aromatic heterocycles. The summed E-state index contributed by atoms with van der Waals surface area (Å²) in [6, 6.07) is 4.18. The van der Waals surface area contributed by atoms with Crippen LogP contribution >= 0.6 is 0 Å². The summed E-state index contributed by atoms with van der Waals surface area (Å²) in [7, 11) is 0. The molecule has 1 heterocycles. The lowest BCUT2D eigenvalue weighted by atomic mass is 10.1. The van der Waals surface area contributed by atoms with Crippen molar-refractivity contribution in [1.29, 1.82) is 0 Å². The van der Waals surface area contributed by atoms with Gasteiger partial charge in [0.05, 0.1) is 6.04 Å². The average Bonchev–Trinajstić information content (AvgIpc) is 2.04. The first-order chi connectivity index (χ1) is 6.25. The highest BCUT2D eigenvalue weighted by molar-refractivity contribution is 5.45. The molecular formula is C9H10F2N2. The van der Waals surface area contributed by atoms with Crippen LogP contribution in [0.1, 0.15) is 0 Å². The van der Waals surface area contributed by atoms with Crippen molar-refractivity contribution in [2.24, 2.45) is 0 Å². The Kier molecular flexibility index (Phi) is 2.14. The molecule has 4 heteroatoms. The summed E-state index contributed by atoms with van der Waals surface area (Å²) in [4.78, 5) is 0. The first-order valence-corrected chi connectivity index (χ1v) is 4.18. The van der Waals surface area contributed by atoms with E-state index >= 15 is 0 Å². The third-order valence-electron chi connectivity index (χ3n) is 2.07. The molecule has 1 aliphatic heterocycles.